The first-order valence-electron chi connectivity index (χ1n) is 9.56. The lowest BCUT2D eigenvalue weighted by Crippen LogP contribution is -2.64. The predicted molar refractivity (Wildman–Crippen MR) is 97.3 cm³/mol. The van der Waals surface area contributed by atoms with E-state index in [1.54, 1.807) is 0 Å². The molecule has 4 N–H and O–H groups in total. The lowest BCUT2D eigenvalue weighted by atomic mass is 9.94. The van der Waals surface area contributed by atoms with Crippen molar-refractivity contribution in [2.45, 2.75) is 74.3 Å². The van der Waals surface area contributed by atoms with E-state index >= 15 is 0 Å². The summed E-state index contributed by atoms with van der Waals surface area (Å²) in [7, 11) is 4.84. The number of aliphatic hydroxyl groups excluding tert-OH is 4. The number of carbonyl (C=O) groups excluding carboxylic acids is 2. The lowest BCUT2D eigenvalue weighted by Gasteiger charge is -2.46. The van der Waals surface area contributed by atoms with Crippen LogP contribution in [-0.4, -0.2) is 122 Å². The highest BCUT2D eigenvalue weighted by molar-refractivity contribution is 5.70. The summed E-state index contributed by atoms with van der Waals surface area (Å²) in [5, 5.41) is 41.6. The summed E-state index contributed by atoms with van der Waals surface area (Å²) in [4.78, 5) is 23.5. The van der Waals surface area contributed by atoms with Gasteiger partial charge in [-0.25, -0.2) is 0 Å². The number of rotatable bonds is 8. The number of hydrogen-bond donors (Lipinski definition) is 4. The zero-order valence-electron chi connectivity index (χ0n) is 17.7. The minimum absolute atomic E-state index is 0.317. The molecule has 0 aromatic heterocycles. The number of esters is 2. The van der Waals surface area contributed by atoms with E-state index in [-0.39, 0.29) is 12.8 Å². The van der Waals surface area contributed by atoms with Crippen LogP contribution in [0.1, 0.15) is 12.8 Å². The van der Waals surface area contributed by atoms with Gasteiger partial charge in [-0.15, -0.1) is 0 Å². The van der Waals surface area contributed by atoms with E-state index in [2.05, 4.69) is 9.47 Å². The summed E-state index contributed by atoms with van der Waals surface area (Å²) in [6, 6.07) is 0. The molecule has 10 atom stereocenters. The first-order chi connectivity index (χ1) is 14.7. The quantitative estimate of drug-likeness (QED) is 0.274. The maximum atomic E-state index is 11.8. The Morgan fingerprint density at radius 3 is 1.61 bits per heavy atom. The van der Waals surface area contributed by atoms with E-state index in [0.717, 1.165) is 7.11 Å². The average Bonchev–Trinajstić information content (AvgIpc) is 2.76. The van der Waals surface area contributed by atoms with Crippen LogP contribution in [0.3, 0.4) is 0 Å². The second kappa shape index (κ2) is 11.4. The molecule has 13 heteroatoms. The molecule has 0 aromatic rings. The van der Waals surface area contributed by atoms with Crippen LogP contribution in [0.15, 0.2) is 0 Å². The Labute approximate surface area is 178 Å². The average molecular weight is 454 g/mol. The third-order valence-corrected chi connectivity index (χ3v) is 5.27. The molecule has 0 bridgehead atoms. The standard InChI is InChI=1S/C18H30O13/c1-25-9(19)5-7-15(27-3)11(21)14(24)18(30-7)31-16-8(6-10(20)26-2)29-17(28-4)13(23)12(16)22/h7-8,11-18,21-24H,5-6H2,1-4H3. The van der Waals surface area contributed by atoms with Gasteiger partial charge in [0.15, 0.2) is 12.6 Å². The molecular weight excluding hydrogens is 424 g/mol. The number of hydrogen-bond acceptors (Lipinski definition) is 13. The summed E-state index contributed by atoms with van der Waals surface area (Å²) >= 11 is 0. The monoisotopic (exact) mass is 454 g/mol. The lowest BCUT2D eigenvalue weighted by molar-refractivity contribution is -0.354. The Kier molecular flexibility index (Phi) is 9.54. The normalized spacial score (nSPS) is 40.9. The predicted octanol–water partition coefficient (Wildman–Crippen LogP) is -2.95. The maximum absolute atomic E-state index is 11.8. The van der Waals surface area contributed by atoms with Crippen LogP contribution >= 0.6 is 0 Å². The van der Waals surface area contributed by atoms with Gasteiger partial charge in [-0.3, -0.25) is 9.59 Å². The summed E-state index contributed by atoms with van der Waals surface area (Å²) < 4.78 is 36.1. The molecule has 0 saturated carbocycles. The Bertz CT molecular complexity index is 601. The molecule has 0 amide bonds. The van der Waals surface area contributed by atoms with Gasteiger partial charge < -0.3 is 53.6 Å². The number of carbonyl (C=O) groups is 2. The fraction of sp³-hybridized carbons (Fsp3) is 0.889. The second-order valence-corrected chi connectivity index (χ2v) is 7.15. The van der Waals surface area contributed by atoms with Crippen LogP contribution in [0.2, 0.25) is 0 Å². The van der Waals surface area contributed by atoms with Gasteiger partial charge >= 0.3 is 11.9 Å². The first kappa shape index (κ1) is 25.8. The molecule has 13 nitrogen and oxygen atoms in total. The van der Waals surface area contributed by atoms with Gasteiger partial charge in [0.2, 0.25) is 0 Å². The molecule has 2 rings (SSSR count). The molecule has 180 valence electrons. The fourth-order valence-corrected chi connectivity index (χ4v) is 3.56. The van der Waals surface area contributed by atoms with Crippen LogP contribution in [-0.2, 0) is 42.7 Å². The fourth-order valence-electron chi connectivity index (χ4n) is 3.56. The minimum Gasteiger partial charge on any atom is -0.469 e. The molecular formula is C18H30O13. The molecule has 0 aliphatic carbocycles. The maximum Gasteiger partial charge on any atom is 0.308 e. The Morgan fingerprint density at radius 1 is 0.677 bits per heavy atom. The highest BCUT2D eigenvalue weighted by atomic mass is 16.7. The van der Waals surface area contributed by atoms with Crippen molar-refractivity contribution in [1.29, 1.82) is 0 Å². The molecule has 31 heavy (non-hydrogen) atoms. The third kappa shape index (κ3) is 5.88. The van der Waals surface area contributed by atoms with Crippen molar-refractivity contribution >= 4 is 11.9 Å². The van der Waals surface area contributed by atoms with Crippen LogP contribution in [0.25, 0.3) is 0 Å². The molecule has 2 aliphatic rings. The van der Waals surface area contributed by atoms with Gasteiger partial charge in [-0.2, -0.15) is 0 Å². The molecule has 10 unspecified atom stereocenters. The Hall–Kier alpha value is -1.42. The van der Waals surface area contributed by atoms with Gasteiger partial charge in [0, 0.05) is 14.2 Å². The summed E-state index contributed by atoms with van der Waals surface area (Å²) in [5.41, 5.74) is 0. The van der Waals surface area contributed by atoms with Gasteiger partial charge in [-0.05, 0) is 0 Å². The van der Waals surface area contributed by atoms with Gasteiger partial charge in [-0.1, -0.05) is 0 Å². The van der Waals surface area contributed by atoms with Crippen molar-refractivity contribution in [2.75, 3.05) is 28.4 Å². The van der Waals surface area contributed by atoms with Crippen molar-refractivity contribution in [2.24, 2.45) is 0 Å². The van der Waals surface area contributed by atoms with Crippen molar-refractivity contribution in [3.05, 3.63) is 0 Å². The van der Waals surface area contributed by atoms with E-state index in [1.165, 1.54) is 21.3 Å². The molecule has 0 aromatic carbocycles. The van der Waals surface area contributed by atoms with E-state index in [1.807, 2.05) is 0 Å². The van der Waals surface area contributed by atoms with Crippen molar-refractivity contribution in [1.82, 2.24) is 0 Å². The molecule has 2 fully saturated rings. The molecule has 0 radical (unpaired) electrons. The second-order valence-electron chi connectivity index (χ2n) is 7.15. The van der Waals surface area contributed by atoms with Crippen LogP contribution in [0.4, 0.5) is 0 Å². The van der Waals surface area contributed by atoms with E-state index in [0.29, 0.717) is 0 Å². The van der Waals surface area contributed by atoms with Crippen molar-refractivity contribution < 1.29 is 63.2 Å². The van der Waals surface area contributed by atoms with E-state index in [4.69, 9.17) is 23.7 Å². The molecule has 0 spiro atoms. The topological polar surface area (TPSA) is 180 Å². The number of ether oxygens (including phenoxy) is 7. The van der Waals surface area contributed by atoms with E-state index in [9.17, 15) is 30.0 Å². The van der Waals surface area contributed by atoms with Crippen molar-refractivity contribution in [3.8, 4) is 0 Å². The Morgan fingerprint density at radius 2 is 1.13 bits per heavy atom. The van der Waals surface area contributed by atoms with Crippen LogP contribution < -0.4 is 0 Å². The summed E-state index contributed by atoms with van der Waals surface area (Å²) in [6.45, 7) is 0. The highest BCUT2D eigenvalue weighted by Gasteiger charge is 2.51. The molecule has 2 saturated heterocycles. The zero-order valence-corrected chi connectivity index (χ0v) is 17.7. The molecule has 2 heterocycles. The third-order valence-electron chi connectivity index (χ3n) is 5.27. The SMILES string of the molecule is COC(=O)CC1OC(OC2C(CC(=O)OC)OC(OC)C(O)C2O)C(O)C(O)C1OC. The van der Waals surface area contributed by atoms with E-state index < -0.39 is 73.4 Å². The number of aliphatic hydroxyl groups is 4. The van der Waals surface area contributed by atoms with Gasteiger partial charge in [0.05, 0.1) is 27.1 Å². The summed E-state index contributed by atoms with van der Waals surface area (Å²) in [6.07, 6.45) is -14.5. The number of methoxy groups -OCH3 is 4. The largest absolute Gasteiger partial charge is 0.469 e. The zero-order chi connectivity index (χ0) is 23.3. The van der Waals surface area contributed by atoms with Crippen LogP contribution in [0.5, 0.6) is 0 Å². The minimum atomic E-state index is -1.65. The highest BCUT2D eigenvalue weighted by Crippen LogP contribution is 2.32. The first-order valence-corrected chi connectivity index (χ1v) is 9.56. The van der Waals surface area contributed by atoms with Crippen molar-refractivity contribution in [3.63, 3.8) is 0 Å². The van der Waals surface area contributed by atoms with Crippen LogP contribution in [0, 0.1) is 0 Å². The smallest absolute Gasteiger partial charge is 0.308 e. The molecule has 2 aliphatic heterocycles. The summed E-state index contributed by atoms with van der Waals surface area (Å²) in [5.74, 6) is -1.34. The Balaban J connectivity index is 2.23. The van der Waals surface area contributed by atoms with Gasteiger partial charge in [0.25, 0.3) is 0 Å². The van der Waals surface area contributed by atoms with Gasteiger partial charge in [0.1, 0.15) is 48.8 Å².